The summed E-state index contributed by atoms with van der Waals surface area (Å²) < 4.78 is 5.17. The number of amides is 1. The van der Waals surface area contributed by atoms with Gasteiger partial charge in [0.25, 0.3) is 5.91 Å². The maximum atomic E-state index is 10.9. The van der Waals surface area contributed by atoms with E-state index in [4.69, 9.17) is 15.3 Å². The summed E-state index contributed by atoms with van der Waals surface area (Å²) in [5, 5.41) is 28.5. The van der Waals surface area contributed by atoms with Crippen LogP contribution in [-0.2, 0) is 0 Å². The summed E-state index contributed by atoms with van der Waals surface area (Å²) in [5.74, 6) is -1.000. The van der Waals surface area contributed by atoms with Gasteiger partial charge in [-0.25, -0.2) is 0 Å². The van der Waals surface area contributed by atoms with E-state index in [1.54, 1.807) is 0 Å². The van der Waals surface area contributed by atoms with Crippen molar-refractivity contribution < 1.29 is 24.5 Å². The molecule has 0 aromatic carbocycles. The molecule has 0 radical (unpaired) electrons. The summed E-state index contributed by atoms with van der Waals surface area (Å²) in [7, 11) is 0. The fraction of sp³-hybridized carbons (Fsp3) is 0.545. The number of nitrogens with two attached hydrogens (primary N) is 1. The Bertz CT molecular complexity index is 416. The zero-order valence-electron chi connectivity index (χ0n) is 9.11. The average molecular weight is 241 g/mol. The summed E-state index contributed by atoms with van der Waals surface area (Å²) in [6.45, 7) is -0.196. The molecule has 5 N–H and O–H groups in total. The number of carbonyl (C=O) groups is 1. The largest absolute Gasteiger partial charge is 0.468 e. The van der Waals surface area contributed by atoms with Crippen LogP contribution in [0, 0.1) is 5.92 Å². The van der Waals surface area contributed by atoms with Gasteiger partial charge in [-0.2, -0.15) is 0 Å². The summed E-state index contributed by atoms with van der Waals surface area (Å²) in [5.41, 5.74) is 5.32. The predicted molar refractivity (Wildman–Crippen MR) is 57.2 cm³/mol. The van der Waals surface area contributed by atoms with Crippen molar-refractivity contribution in [1.82, 2.24) is 0 Å². The Labute approximate surface area is 97.7 Å². The Morgan fingerprint density at radius 2 is 2.18 bits per heavy atom. The SMILES string of the molecule is NC(=O)c1coc([C@@H]2C[C@H](CO)[C@@H](O)[C@H]2O)c1. The molecule has 1 fully saturated rings. The maximum Gasteiger partial charge on any atom is 0.251 e. The summed E-state index contributed by atoms with van der Waals surface area (Å²) in [6.07, 6.45) is -0.348. The standard InChI is InChI=1S/C11H15NO5/c12-11(16)6-2-8(17-4-6)7-1-5(3-13)9(14)10(7)15/h2,4-5,7,9-10,13-15H,1,3H2,(H2,12,16)/t5-,7+,9-,10+/m1/s1. The number of primary amides is 1. The molecule has 1 amide bonds. The highest BCUT2D eigenvalue weighted by Gasteiger charge is 2.43. The second-order valence-corrected chi connectivity index (χ2v) is 4.37. The van der Waals surface area contributed by atoms with E-state index in [9.17, 15) is 15.0 Å². The maximum absolute atomic E-state index is 10.9. The molecule has 0 unspecified atom stereocenters. The van der Waals surface area contributed by atoms with Gasteiger partial charge in [-0.3, -0.25) is 4.79 Å². The Hall–Kier alpha value is -1.37. The lowest BCUT2D eigenvalue weighted by atomic mass is 10.0. The molecule has 4 atom stereocenters. The molecule has 1 heterocycles. The van der Waals surface area contributed by atoms with Crippen LogP contribution in [0.25, 0.3) is 0 Å². The topological polar surface area (TPSA) is 117 Å². The van der Waals surface area contributed by atoms with Crippen LogP contribution in [0.2, 0.25) is 0 Å². The highest BCUT2D eigenvalue weighted by Crippen LogP contribution is 2.39. The normalized spacial score (nSPS) is 32.9. The molecule has 0 saturated heterocycles. The summed E-state index contributed by atoms with van der Waals surface area (Å²) in [4.78, 5) is 10.9. The zero-order valence-corrected chi connectivity index (χ0v) is 9.11. The smallest absolute Gasteiger partial charge is 0.251 e. The minimum Gasteiger partial charge on any atom is -0.468 e. The average Bonchev–Trinajstić information content (AvgIpc) is 2.87. The minimum atomic E-state index is -1.00. The van der Waals surface area contributed by atoms with E-state index in [1.807, 2.05) is 0 Å². The molecule has 6 nitrogen and oxygen atoms in total. The minimum absolute atomic E-state index is 0.196. The quantitative estimate of drug-likeness (QED) is 0.552. The third-order valence-corrected chi connectivity index (χ3v) is 3.31. The number of aliphatic hydroxyl groups is 3. The van der Waals surface area contributed by atoms with Crippen molar-refractivity contribution in [2.45, 2.75) is 24.5 Å². The molecular formula is C11H15NO5. The highest BCUT2D eigenvalue weighted by atomic mass is 16.3. The number of rotatable bonds is 3. The first-order valence-electron chi connectivity index (χ1n) is 5.39. The molecule has 6 heteroatoms. The lowest BCUT2D eigenvalue weighted by molar-refractivity contribution is 0.000753. The van der Waals surface area contributed by atoms with Gasteiger partial charge in [0.1, 0.15) is 12.0 Å². The van der Waals surface area contributed by atoms with Crippen molar-refractivity contribution in [3.8, 4) is 0 Å². The molecule has 0 bridgehead atoms. The van der Waals surface area contributed by atoms with Crippen LogP contribution in [0.5, 0.6) is 0 Å². The molecule has 2 rings (SSSR count). The van der Waals surface area contributed by atoms with Gasteiger partial charge < -0.3 is 25.5 Å². The van der Waals surface area contributed by atoms with Crippen LogP contribution in [0.3, 0.4) is 0 Å². The van der Waals surface area contributed by atoms with Crippen molar-refractivity contribution in [3.63, 3.8) is 0 Å². The molecule has 0 spiro atoms. The molecule has 1 aliphatic carbocycles. The van der Waals surface area contributed by atoms with E-state index >= 15 is 0 Å². The van der Waals surface area contributed by atoms with Crippen molar-refractivity contribution in [1.29, 1.82) is 0 Å². The third kappa shape index (κ3) is 2.06. The first-order valence-corrected chi connectivity index (χ1v) is 5.39. The third-order valence-electron chi connectivity index (χ3n) is 3.31. The Morgan fingerprint density at radius 1 is 1.47 bits per heavy atom. The number of carbonyl (C=O) groups excluding carboxylic acids is 1. The summed E-state index contributed by atoms with van der Waals surface area (Å²) >= 11 is 0. The van der Waals surface area contributed by atoms with Crippen molar-refractivity contribution in [3.05, 3.63) is 23.7 Å². The fourth-order valence-electron chi connectivity index (χ4n) is 2.27. The highest BCUT2D eigenvalue weighted by molar-refractivity contribution is 5.92. The van der Waals surface area contributed by atoms with Crippen LogP contribution in [0.4, 0.5) is 0 Å². The first kappa shape index (κ1) is 12.1. The van der Waals surface area contributed by atoms with Gasteiger partial charge in [-0.1, -0.05) is 0 Å². The number of aliphatic hydroxyl groups excluding tert-OH is 3. The molecule has 1 aliphatic rings. The van der Waals surface area contributed by atoms with Gasteiger partial charge in [0.05, 0.1) is 17.8 Å². The second kappa shape index (κ2) is 4.48. The van der Waals surface area contributed by atoms with Crippen molar-refractivity contribution in [2.75, 3.05) is 6.61 Å². The van der Waals surface area contributed by atoms with Crippen molar-refractivity contribution in [2.24, 2.45) is 11.7 Å². The lowest BCUT2D eigenvalue weighted by Crippen LogP contribution is -2.28. The van der Waals surface area contributed by atoms with Crippen LogP contribution in [-0.4, -0.2) is 40.0 Å². The van der Waals surface area contributed by atoms with Gasteiger partial charge >= 0.3 is 0 Å². The van der Waals surface area contributed by atoms with Gasteiger partial charge in [-0.05, 0) is 12.5 Å². The van der Waals surface area contributed by atoms with E-state index in [2.05, 4.69) is 0 Å². The number of furan rings is 1. The number of hydrogen-bond donors (Lipinski definition) is 4. The monoisotopic (exact) mass is 241 g/mol. The molecule has 0 aliphatic heterocycles. The molecule has 17 heavy (non-hydrogen) atoms. The zero-order chi connectivity index (χ0) is 12.6. The number of hydrogen-bond acceptors (Lipinski definition) is 5. The van der Waals surface area contributed by atoms with Gasteiger partial charge in [0.15, 0.2) is 0 Å². The van der Waals surface area contributed by atoms with Crippen LogP contribution >= 0.6 is 0 Å². The molecular weight excluding hydrogens is 226 g/mol. The molecule has 1 aromatic heterocycles. The van der Waals surface area contributed by atoms with E-state index in [0.717, 1.165) is 0 Å². The van der Waals surface area contributed by atoms with E-state index < -0.39 is 24.0 Å². The van der Waals surface area contributed by atoms with Gasteiger partial charge in [0, 0.05) is 18.4 Å². The molecule has 1 aromatic rings. The van der Waals surface area contributed by atoms with E-state index in [-0.39, 0.29) is 18.1 Å². The Balaban J connectivity index is 2.19. The van der Waals surface area contributed by atoms with Crippen LogP contribution < -0.4 is 5.73 Å². The first-order chi connectivity index (χ1) is 8.04. The van der Waals surface area contributed by atoms with E-state index in [1.165, 1.54) is 12.3 Å². The van der Waals surface area contributed by atoms with Crippen LogP contribution in [0.15, 0.2) is 16.7 Å². The Morgan fingerprint density at radius 3 is 2.65 bits per heavy atom. The van der Waals surface area contributed by atoms with E-state index in [0.29, 0.717) is 12.2 Å². The lowest BCUT2D eigenvalue weighted by Gasteiger charge is -2.14. The predicted octanol–water partition coefficient (Wildman–Crippen LogP) is -0.804. The van der Waals surface area contributed by atoms with Crippen LogP contribution in [0.1, 0.15) is 28.5 Å². The van der Waals surface area contributed by atoms with Crippen molar-refractivity contribution >= 4 is 5.91 Å². The second-order valence-electron chi connectivity index (χ2n) is 4.37. The Kier molecular flexibility index (Phi) is 3.19. The molecule has 1 saturated carbocycles. The summed E-state index contributed by atoms with van der Waals surface area (Å²) in [6, 6.07) is 1.46. The van der Waals surface area contributed by atoms with Gasteiger partial charge in [-0.15, -0.1) is 0 Å². The van der Waals surface area contributed by atoms with Gasteiger partial charge in [0.2, 0.25) is 0 Å². The molecule has 94 valence electrons. The fourth-order valence-corrected chi connectivity index (χ4v) is 2.27.